The second-order valence-electron chi connectivity index (χ2n) is 4.82. The van der Waals surface area contributed by atoms with Crippen molar-refractivity contribution < 1.29 is 0 Å². The Bertz CT molecular complexity index is 489. The van der Waals surface area contributed by atoms with Crippen molar-refractivity contribution in [2.75, 3.05) is 13.1 Å². The molecule has 84 valence electrons. The summed E-state index contributed by atoms with van der Waals surface area (Å²) in [7, 11) is 0. The first kappa shape index (κ1) is 9.85. The molecule has 3 heterocycles. The highest BCUT2D eigenvalue weighted by atomic mass is 16.1. The molecule has 0 aromatic carbocycles. The van der Waals surface area contributed by atoms with E-state index >= 15 is 0 Å². The minimum atomic E-state index is 0.129. The van der Waals surface area contributed by atoms with Crippen molar-refractivity contribution in [1.82, 2.24) is 9.88 Å². The van der Waals surface area contributed by atoms with E-state index in [9.17, 15) is 4.79 Å². The van der Waals surface area contributed by atoms with E-state index in [-0.39, 0.29) is 5.56 Å². The average Bonchev–Trinajstić information content (AvgIpc) is 2.31. The quantitative estimate of drug-likeness (QED) is 0.765. The predicted octanol–water partition coefficient (Wildman–Crippen LogP) is 1.20. The standard InChI is InChI=1S/C13H16N2O/c1-2-9-4-12-11-3-10(6-14-7-11)8-15(12)13(16)5-9/h2,4-5,10-11,14H,1,3,6-8H2/t10?,11-/m0/s1. The van der Waals surface area contributed by atoms with Crippen LogP contribution in [-0.2, 0) is 6.54 Å². The molecule has 2 aliphatic rings. The highest BCUT2D eigenvalue weighted by molar-refractivity contribution is 5.47. The zero-order chi connectivity index (χ0) is 11.1. The summed E-state index contributed by atoms with van der Waals surface area (Å²) in [5.74, 6) is 1.12. The fourth-order valence-electron chi connectivity index (χ4n) is 2.94. The van der Waals surface area contributed by atoms with Crippen LogP contribution >= 0.6 is 0 Å². The van der Waals surface area contributed by atoms with E-state index in [0.717, 1.165) is 25.2 Å². The van der Waals surface area contributed by atoms with Crippen LogP contribution in [0, 0.1) is 5.92 Å². The lowest BCUT2D eigenvalue weighted by Crippen LogP contribution is -2.44. The Morgan fingerprint density at radius 3 is 3.12 bits per heavy atom. The first-order valence-electron chi connectivity index (χ1n) is 5.86. The molecule has 1 aromatic rings. The maximum Gasteiger partial charge on any atom is 0.251 e. The lowest BCUT2D eigenvalue weighted by molar-refractivity contribution is 0.257. The lowest BCUT2D eigenvalue weighted by Gasteiger charge is -2.37. The number of nitrogens with zero attached hydrogens (tertiary/aromatic N) is 1. The zero-order valence-electron chi connectivity index (χ0n) is 9.28. The lowest BCUT2D eigenvalue weighted by atomic mass is 9.84. The molecule has 2 aliphatic heterocycles. The topological polar surface area (TPSA) is 34.0 Å². The minimum absolute atomic E-state index is 0.129. The number of hydrogen-bond acceptors (Lipinski definition) is 2. The molecule has 2 atom stereocenters. The molecule has 1 N–H and O–H groups in total. The SMILES string of the molecule is C=Cc1cc2n(c(=O)c1)CC1CNC[C@@H]2C1. The third kappa shape index (κ3) is 1.43. The summed E-state index contributed by atoms with van der Waals surface area (Å²) < 4.78 is 1.95. The van der Waals surface area contributed by atoms with Crippen LogP contribution in [0.2, 0.25) is 0 Å². The molecular formula is C13H16N2O. The van der Waals surface area contributed by atoms with E-state index in [2.05, 4.69) is 18.0 Å². The van der Waals surface area contributed by atoms with Crippen LogP contribution in [0.25, 0.3) is 6.08 Å². The summed E-state index contributed by atoms with van der Waals surface area (Å²) in [6.45, 7) is 6.65. The molecule has 0 aliphatic carbocycles. The van der Waals surface area contributed by atoms with Gasteiger partial charge in [-0.3, -0.25) is 4.79 Å². The monoisotopic (exact) mass is 216 g/mol. The van der Waals surface area contributed by atoms with Gasteiger partial charge < -0.3 is 9.88 Å². The molecule has 1 aromatic heterocycles. The summed E-state index contributed by atoms with van der Waals surface area (Å²) in [5, 5.41) is 3.44. The van der Waals surface area contributed by atoms with Crippen molar-refractivity contribution in [2.24, 2.45) is 5.92 Å². The summed E-state index contributed by atoms with van der Waals surface area (Å²) in [4.78, 5) is 12.0. The molecule has 3 nitrogen and oxygen atoms in total. The average molecular weight is 216 g/mol. The van der Waals surface area contributed by atoms with Crippen molar-refractivity contribution in [2.45, 2.75) is 18.9 Å². The van der Waals surface area contributed by atoms with E-state index in [1.165, 1.54) is 12.1 Å². The van der Waals surface area contributed by atoms with Gasteiger partial charge in [-0.15, -0.1) is 0 Å². The van der Waals surface area contributed by atoms with Crippen LogP contribution < -0.4 is 10.9 Å². The van der Waals surface area contributed by atoms with Crippen molar-refractivity contribution in [3.63, 3.8) is 0 Å². The van der Waals surface area contributed by atoms with E-state index in [1.54, 1.807) is 12.1 Å². The van der Waals surface area contributed by atoms with Crippen LogP contribution in [0.15, 0.2) is 23.5 Å². The van der Waals surface area contributed by atoms with Crippen LogP contribution in [0.4, 0.5) is 0 Å². The van der Waals surface area contributed by atoms with Gasteiger partial charge in [-0.05, 0) is 30.5 Å². The normalized spacial score (nSPS) is 27.2. The third-order valence-corrected chi connectivity index (χ3v) is 3.72. The van der Waals surface area contributed by atoms with Gasteiger partial charge in [0.1, 0.15) is 0 Å². The second kappa shape index (κ2) is 3.59. The van der Waals surface area contributed by atoms with Crippen molar-refractivity contribution in [3.05, 3.63) is 40.3 Å². The van der Waals surface area contributed by atoms with Crippen molar-refractivity contribution in [1.29, 1.82) is 0 Å². The number of fused-ring (bicyclic) bond motifs is 4. The maximum atomic E-state index is 12.0. The van der Waals surface area contributed by atoms with E-state index in [4.69, 9.17) is 0 Å². The Balaban J connectivity index is 2.16. The fraction of sp³-hybridized carbons (Fsp3) is 0.462. The van der Waals surface area contributed by atoms with Gasteiger partial charge in [0.05, 0.1) is 0 Å². The second-order valence-corrected chi connectivity index (χ2v) is 4.82. The Morgan fingerprint density at radius 1 is 1.44 bits per heavy atom. The molecule has 0 saturated carbocycles. The minimum Gasteiger partial charge on any atom is -0.316 e. The molecule has 2 bridgehead atoms. The predicted molar refractivity (Wildman–Crippen MR) is 64.5 cm³/mol. The van der Waals surface area contributed by atoms with Gasteiger partial charge in [0, 0.05) is 30.8 Å². The maximum absolute atomic E-state index is 12.0. The third-order valence-electron chi connectivity index (χ3n) is 3.72. The first-order chi connectivity index (χ1) is 7.78. The molecular weight excluding hydrogens is 200 g/mol. The van der Waals surface area contributed by atoms with Gasteiger partial charge in [0.25, 0.3) is 5.56 Å². The van der Waals surface area contributed by atoms with E-state index < -0.39 is 0 Å². The molecule has 3 rings (SSSR count). The number of piperidine rings is 1. The van der Waals surface area contributed by atoms with Crippen LogP contribution in [0.3, 0.4) is 0 Å². The Labute approximate surface area is 94.8 Å². The zero-order valence-corrected chi connectivity index (χ0v) is 9.28. The van der Waals surface area contributed by atoms with Gasteiger partial charge in [0.15, 0.2) is 0 Å². The molecule has 3 heteroatoms. The fourth-order valence-corrected chi connectivity index (χ4v) is 2.94. The van der Waals surface area contributed by atoms with Crippen LogP contribution in [-0.4, -0.2) is 17.7 Å². The number of rotatable bonds is 1. The number of aromatic nitrogens is 1. The van der Waals surface area contributed by atoms with Crippen LogP contribution in [0.1, 0.15) is 23.6 Å². The molecule has 0 radical (unpaired) electrons. The van der Waals surface area contributed by atoms with Crippen molar-refractivity contribution >= 4 is 6.08 Å². The van der Waals surface area contributed by atoms with Crippen LogP contribution in [0.5, 0.6) is 0 Å². The van der Waals surface area contributed by atoms with Gasteiger partial charge in [-0.1, -0.05) is 12.7 Å². The summed E-state index contributed by atoms with van der Waals surface area (Å²) in [6.07, 6.45) is 2.97. The number of pyridine rings is 1. The Morgan fingerprint density at radius 2 is 2.31 bits per heavy atom. The highest BCUT2D eigenvalue weighted by Gasteiger charge is 2.30. The highest BCUT2D eigenvalue weighted by Crippen LogP contribution is 2.31. The molecule has 0 amide bonds. The van der Waals surface area contributed by atoms with Gasteiger partial charge in [-0.2, -0.15) is 0 Å². The molecule has 1 fully saturated rings. The number of hydrogen-bond donors (Lipinski definition) is 1. The molecule has 1 saturated heterocycles. The summed E-state index contributed by atoms with van der Waals surface area (Å²) in [6, 6.07) is 3.80. The number of nitrogens with one attached hydrogen (secondary N) is 1. The largest absolute Gasteiger partial charge is 0.316 e. The summed E-state index contributed by atoms with van der Waals surface area (Å²) in [5.41, 5.74) is 2.26. The molecule has 1 unspecified atom stereocenters. The Hall–Kier alpha value is -1.35. The van der Waals surface area contributed by atoms with E-state index in [1.807, 2.05) is 4.57 Å². The molecule has 0 spiro atoms. The summed E-state index contributed by atoms with van der Waals surface area (Å²) >= 11 is 0. The van der Waals surface area contributed by atoms with E-state index in [0.29, 0.717) is 11.8 Å². The van der Waals surface area contributed by atoms with Crippen molar-refractivity contribution in [3.8, 4) is 0 Å². The first-order valence-corrected chi connectivity index (χ1v) is 5.86. The van der Waals surface area contributed by atoms with Gasteiger partial charge in [0.2, 0.25) is 0 Å². The van der Waals surface area contributed by atoms with Gasteiger partial charge in [-0.25, -0.2) is 0 Å². The smallest absolute Gasteiger partial charge is 0.251 e. The molecule has 16 heavy (non-hydrogen) atoms. The van der Waals surface area contributed by atoms with Gasteiger partial charge >= 0.3 is 0 Å². The Kier molecular flexibility index (Phi) is 2.21.